The van der Waals surface area contributed by atoms with Gasteiger partial charge in [0.1, 0.15) is 6.61 Å². The maximum atomic E-state index is 12.7. The Kier molecular flexibility index (Phi) is 6.68. The molecule has 0 heterocycles. The molecule has 1 N–H and O–H groups in total. The first-order valence-corrected chi connectivity index (χ1v) is 7.45. The standard InChI is InChI=1S/C11H18F2O7S/c1-4-10(2,3)9(15)19-6-5-8(14)20-7-11(12,13)21(16,17)18/h4-7H2,1-3H3,(H,16,17,18). The molecule has 0 saturated carbocycles. The van der Waals surface area contributed by atoms with E-state index in [1.165, 1.54) is 0 Å². The molecule has 124 valence electrons. The first-order chi connectivity index (χ1) is 9.33. The monoisotopic (exact) mass is 332 g/mol. The SMILES string of the molecule is CCC(C)(C)C(=O)OCCC(=O)OCC(F)(F)S(=O)(=O)O. The summed E-state index contributed by atoms with van der Waals surface area (Å²) in [4.78, 5) is 22.6. The molecule has 0 radical (unpaired) electrons. The molecular formula is C11H18F2O7S. The first-order valence-electron chi connectivity index (χ1n) is 6.01. The van der Waals surface area contributed by atoms with Crippen LogP contribution in [0.2, 0.25) is 0 Å². The molecule has 7 nitrogen and oxygen atoms in total. The second-order valence-corrected chi connectivity index (χ2v) is 6.44. The Morgan fingerprint density at radius 2 is 1.71 bits per heavy atom. The van der Waals surface area contributed by atoms with E-state index < -0.39 is 45.8 Å². The van der Waals surface area contributed by atoms with Gasteiger partial charge >= 0.3 is 27.3 Å². The molecular weight excluding hydrogens is 314 g/mol. The molecule has 0 spiro atoms. The fourth-order valence-electron chi connectivity index (χ4n) is 0.878. The molecule has 0 bridgehead atoms. The highest BCUT2D eigenvalue weighted by Gasteiger charge is 2.45. The third-order valence-electron chi connectivity index (χ3n) is 2.75. The van der Waals surface area contributed by atoms with E-state index in [9.17, 15) is 26.8 Å². The van der Waals surface area contributed by atoms with Crippen LogP contribution in [0.3, 0.4) is 0 Å². The van der Waals surface area contributed by atoms with Crippen molar-refractivity contribution >= 4 is 22.1 Å². The number of hydrogen-bond donors (Lipinski definition) is 1. The van der Waals surface area contributed by atoms with E-state index in [0.29, 0.717) is 6.42 Å². The van der Waals surface area contributed by atoms with E-state index in [-0.39, 0.29) is 6.61 Å². The summed E-state index contributed by atoms with van der Waals surface area (Å²) < 4.78 is 63.0. The van der Waals surface area contributed by atoms with Crippen molar-refractivity contribution in [2.24, 2.45) is 5.41 Å². The Labute approximate surface area is 121 Å². The summed E-state index contributed by atoms with van der Waals surface area (Å²) in [5.41, 5.74) is -0.734. The lowest BCUT2D eigenvalue weighted by atomic mass is 9.91. The number of carbonyl (C=O) groups excluding carboxylic acids is 2. The number of carbonyl (C=O) groups is 2. The average Bonchev–Trinajstić information content (AvgIpc) is 2.34. The molecule has 0 unspecified atom stereocenters. The minimum Gasteiger partial charge on any atom is -0.465 e. The highest BCUT2D eigenvalue weighted by Crippen LogP contribution is 2.22. The molecule has 10 heteroatoms. The first kappa shape index (κ1) is 19.7. The van der Waals surface area contributed by atoms with Gasteiger partial charge in [-0.1, -0.05) is 6.92 Å². The molecule has 0 aliphatic heterocycles. The van der Waals surface area contributed by atoms with Crippen LogP contribution in [0.25, 0.3) is 0 Å². The average molecular weight is 332 g/mol. The summed E-state index contributed by atoms with van der Waals surface area (Å²) in [5, 5.41) is -4.58. The van der Waals surface area contributed by atoms with Crippen LogP contribution in [0.1, 0.15) is 33.6 Å². The van der Waals surface area contributed by atoms with E-state index in [1.807, 2.05) is 0 Å². The smallest absolute Gasteiger partial charge is 0.402 e. The van der Waals surface area contributed by atoms with Crippen LogP contribution in [0, 0.1) is 5.41 Å². The van der Waals surface area contributed by atoms with Gasteiger partial charge < -0.3 is 9.47 Å². The molecule has 0 atom stereocenters. The molecule has 0 aromatic carbocycles. The Morgan fingerprint density at radius 1 is 1.19 bits per heavy atom. The number of ether oxygens (including phenoxy) is 2. The lowest BCUT2D eigenvalue weighted by Crippen LogP contribution is -2.34. The summed E-state index contributed by atoms with van der Waals surface area (Å²) in [6.45, 7) is 2.87. The molecule has 0 rings (SSSR count). The molecule has 21 heavy (non-hydrogen) atoms. The zero-order valence-electron chi connectivity index (χ0n) is 11.9. The second kappa shape index (κ2) is 7.12. The Morgan fingerprint density at radius 3 is 2.14 bits per heavy atom. The summed E-state index contributed by atoms with van der Waals surface area (Å²) >= 11 is 0. The van der Waals surface area contributed by atoms with Gasteiger partial charge in [0.2, 0.25) is 0 Å². The van der Waals surface area contributed by atoms with Gasteiger partial charge in [-0.15, -0.1) is 0 Å². The van der Waals surface area contributed by atoms with Crippen molar-refractivity contribution in [3.63, 3.8) is 0 Å². The van der Waals surface area contributed by atoms with E-state index in [1.54, 1.807) is 20.8 Å². The van der Waals surface area contributed by atoms with Crippen molar-refractivity contribution in [3.8, 4) is 0 Å². The van der Waals surface area contributed by atoms with Gasteiger partial charge in [-0.05, 0) is 20.3 Å². The van der Waals surface area contributed by atoms with E-state index in [0.717, 1.165) is 0 Å². The van der Waals surface area contributed by atoms with Crippen LogP contribution < -0.4 is 0 Å². The zero-order chi connectivity index (χ0) is 16.9. The molecule has 0 fully saturated rings. The van der Waals surface area contributed by atoms with Crippen molar-refractivity contribution < 1.29 is 40.8 Å². The molecule has 0 aromatic heterocycles. The number of esters is 2. The zero-order valence-corrected chi connectivity index (χ0v) is 12.7. The van der Waals surface area contributed by atoms with Crippen molar-refractivity contribution in [3.05, 3.63) is 0 Å². The van der Waals surface area contributed by atoms with Crippen LogP contribution >= 0.6 is 0 Å². The lowest BCUT2D eigenvalue weighted by molar-refractivity contribution is -0.158. The summed E-state index contributed by atoms with van der Waals surface area (Å²) in [6, 6.07) is 0. The Hall–Kier alpha value is -1.29. The van der Waals surface area contributed by atoms with Crippen molar-refractivity contribution in [2.75, 3.05) is 13.2 Å². The van der Waals surface area contributed by atoms with Crippen LogP contribution in [-0.2, 0) is 29.2 Å². The van der Waals surface area contributed by atoms with E-state index in [2.05, 4.69) is 4.74 Å². The third-order valence-corrected chi connectivity index (χ3v) is 3.63. The van der Waals surface area contributed by atoms with Crippen LogP contribution in [0.5, 0.6) is 0 Å². The maximum absolute atomic E-state index is 12.7. The summed E-state index contributed by atoms with van der Waals surface area (Å²) in [6.07, 6.45) is 0.00392. The second-order valence-electron chi connectivity index (χ2n) is 4.90. The van der Waals surface area contributed by atoms with E-state index >= 15 is 0 Å². The van der Waals surface area contributed by atoms with Crippen molar-refractivity contribution in [1.82, 2.24) is 0 Å². The minimum absolute atomic E-state index is 0.376. The lowest BCUT2D eigenvalue weighted by Gasteiger charge is -2.20. The quantitative estimate of drug-likeness (QED) is 0.528. The summed E-state index contributed by atoms with van der Waals surface area (Å²) in [7, 11) is -5.65. The largest absolute Gasteiger partial charge is 0.465 e. The molecule has 0 aromatic rings. The number of halogens is 2. The predicted octanol–water partition coefficient (Wildman–Crippen LogP) is 1.38. The van der Waals surface area contributed by atoms with Gasteiger partial charge in [0.25, 0.3) is 0 Å². The number of hydrogen-bond acceptors (Lipinski definition) is 6. The Bertz CT molecular complexity index is 485. The third kappa shape index (κ3) is 6.34. The van der Waals surface area contributed by atoms with Crippen LogP contribution in [-0.4, -0.2) is 43.4 Å². The van der Waals surface area contributed by atoms with Crippen molar-refractivity contribution in [2.45, 2.75) is 38.9 Å². The summed E-state index contributed by atoms with van der Waals surface area (Å²) in [5.74, 6) is -1.73. The fraction of sp³-hybridized carbons (Fsp3) is 0.818. The highest BCUT2D eigenvalue weighted by molar-refractivity contribution is 7.86. The molecule has 0 amide bonds. The van der Waals surface area contributed by atoms with Crippen molar-refractivity contribution in [1.29, 1.82) is 0 Å². The molecule has 0 aliphatic rings. The van der Waals surface area contributed by atoms with Gasteiger partial charge in [0.15, 0.2) is 6.61 Å². The van der Waals surface area contributed by atoms with Crippen LogP contribution in [0.15, 0.2) is 0 Å². The van der Waals surface area contributed by atoms with Gasteiger partial charge in [-0.3, -0.25) is 14.1 Å². The van der Waals surface area contributed by atoms with Gasteiger partial charge in [0.05, 0.1) is 11.8 Å². The van der Waals surface area contributed by atoms with Gasteiger partial charge in [0, 0.05) is 0 Å². The van der Waals surface area contributed by atoms with Gasteiger partial charge in [-0.2, -0.15) is 17.2 Å². The maximum Gasteiger partial charge on any atom is 0.402 e. The number of rotatable bonds is 8. The normalized spacial score (nSPS) is 12.9. The highest BCUT2D eigenvalue weighted by atomic mass is 32.2. The topological polar surface area (TPSA) is 107 Å². The number of alkyl halides is 2. The minimum atomic E-state index is -5.65. The molecule has 0 saturated heterocycles. The predicted molar refractivity (Wildman–Crippen MR) is 67.1 cm³/mol. The fourth-order valence-corrected chi connectivity index (χ4v) is 1.09. The van der Waals surface area contributed by atoms with E-state index in [4.69, 9.17) is 9.29 Å². The Balaban J connectivity index is 4.17. The van der Waals surface area contributed by atoms with Gasteiger partial charge in [-0.25, -0.2) is 0 Å². The van der Waals surface area contributed by atoms with Crippen LogP contribution in [0.4, 0.5) is 8.78 Å². The molecule has 0 aliphatic carbocycles.